The molecule has 1 aliphatic rings. The quantitative estimate of drug-likeness (QED) is 0.934. The molecule has 0 radical (unpaired) electrons. The second-order valence-corrected chi connectivity index (χ2v) is 5.79. The number of nitrogens with one attached hydrogen (secondary N) is 1. The summed E-state index contributed by atoms with van der Waals surface area (Å²) in [5.41, 5.74) is 0.330. The summed E-state index contributed by atoms with van der Waals surface area (Å²) in [6, 6.07) is 3.89. The molecule has 1 atom stereocenters. The molecule has 0 aromatic carbocycles. The Kier molecular flexibility index (Phi) is 4.55. The number of piperidine rings is 1. The van der Waals surface area contributed by atoms with Crippen molar-refractivity contribution in [2.45, 2.75) is 45.6 Å². The van der Waals surface area contributed by atoms with E-state index in [2.05, 4.69) is 32.3 Å². The van der Waals surface area contributed by atoms with Crippen molar-refractivity contribution in [2.24, 2.45) is 0 Å². The summed E-state index contributed by atoms with van der Waals surface area (Å²) in [7, 11) is 0. The molecule has 0 bridgehead atoms. The van der Waals surface area contributed by atoms with Crippen molar-refractivity contribution in [1.82, 2.24) is 15.1 Å². The molecule has 1 saturated heterocycles. The fourth-order valence-electron chi connectivity index (χ4n) is 2.96. The predicted octanol–water partition coefficient (Wildman–Crippen LogP) is 2.79. The van der Waals surface area contributed by atoms with E-state index in [9.17, 15) is 4.79 Å². The molecule has 1 fully saturated rings. The van der Waals surface area contributed by atoms with Gasteiger partial charge in [0.15, 0.2) is 5.82 Å². The zero-order valence-corrected chi connectivity index (χ0v) is 13.5. The largest absolute Gasteiger partial charge is 0.360 e. The summed E-state index contributed by atoms with van der Waals surface area (Å²) >= 11 is 0. The first-order valence-electron chi connectivity index (χ1n) is 8.00. The molecule has 0 aliphatic carbocycles. The van der Waals surface area contributed by atoms with E-state index >= 15 is 0 Å². The van der Waals surface area contributed by atoms with Crippen LogP contribution in [-0.4, -0.2) is 33.6 Å². The van der Waals surface area contributed by atoms with Gasteiger partial charge in [-0.3, -0.25) is 4.79 Å². The molecular formula is C16H21N5O2. The van der Waals surface area contributed by atoms with Crippen molar-refractivity contribution in [1.29, 1.82) is 0 Å². The Balaban J connectivity index is 1.77. The van der Waals surface area contributed by atoms with Crippen LogP contribution in [0.25, 0.3) is 0 Å². The molecule has 1 N–H and O–H groups in total. The van der Waals surface area contributed by atoms with Gasteiger partial charge in [-0.2, -0.15) is 0 Å². The summed E-state index contributed by atoms with van der Waals surface area (Å²) in [5, 5.41) is 6.44. The van der Waals surface area contributed by atoms with Gasteiger partial charge in [0.05, 0.1) is 0 Å². The van der Waals surface area contributed by atoms with Gasteiger partial charge in [-0.05, 0) is 32.6 Å². The Labute approximate surface area is 135 Å². The van der Waals surface area contributed by atoms with Gasteiger partial charge in [-0.15, -0.1) is 0 Å². The molecule has 2 aromatic rings. The van der Waals surface area contributed by atoms with Gasteiger partial charge in [0.25, 0.3) is 5.91 Å². The van der Waals surface area contributed by atoms with Crippen LogP contribution >= 0.6 is 0 Å². The minimum atomic E-state index is -0.313. The molecule has 23 heavy (non-hydrogen) atoms. The number of amides is 1. The third-order valence-corrected chi connectivity index (χ3v) is 4.15. The number of aryl methyl sites for hydroxylation is 1. The zero-order valence-electron chi connectivity index (χ0n) is 13.5. The van der Waals surface area contributed by atoms with Gasteiger partial charge in [0.1, 0.15) is 23.6 Å². The number of anilines is 2. The van der Waals surface area contributed by atoms with Crippen molar-refractivity contribution < 1.29 is 9.32 Å². The number of hydrogen-bond acceptors (Lipinski definition) is 6. The van der Waals surface area contributed by atoms with E-state index in [1.165, 1.54) is 19.2 Å². The van der Waals surface area contributed by atoms with E-state index in [0.717, 1.165) is 25.2 Å². The lowest BCUT2D eigenvalue weighted by atomic mass is 10.00. The van der Waals surface area contributed by atoms with E-state index in [-0.39, 0.29) is 5.91 Å². The van der Waals surface area contributed by atoms with E-state index in [4.69, 9.17) is 4.52 Å². The predicted molar refractivity (Wildman–Crippen MR) is 86.5 cm³/mol. The molecule has 1 unspecified atom stereocenters. The Morgan fingerprint density at radius 3 is 3.00 bits per heavy atom. The summed E-state index contributed by atoms with van der Waals surface area (Å²) in [6.07, 6.45) is 6.09. The average Bonchev–Trinajstić information content (AvgIpc) is 2.99. The first kappa shape index (κ1) is 15.5. The monoisotopic (exact) mass is 315 g/mol. The minimum absolute atomic E-state index is 0.313. The number of aromatic nitrogens is 3. The average molecular weight is 315 g/mol. The molecule has 0 saturated carbocycles. The minimum Gasteiger partial charge on any atom is -0.360 e. The lowest BCUT2D eigenvalue weighted by molar-refractivity contribution is 0.102. The highest BCUT2D eigenvalue weighted by atomic mass is 16.5. The molecule has 1 aliphatic heterocycles. The van der Waals surface area contributed by atoms with Gasteiger partial charge in [0.2, 0.25) is 0 Å². The van der Waals surface area contributed by atoms with Crippen molar-refractivity contribution in [3.05, 3.63) is 29.9 Å². The van der Waals surface area contributed by atoms with Gasteiger partial charge < -0.3 is 14.7 Å². The van der Waals surface area contributed by atoms with Crippen molar-refractivity contribution >= 4 is 17.5 Å². The van der Waals surface area contributed by atoms with Crippen LogP contribution in [0.4, 0.5) is 11.6 Å². The molecule has 1 amide bonds. The van der Waals surface area contributed by atoms with Crippen molar-refractivity contribution in [3.63, 3.8) is 0 Å². The topological polar surface area (TPSA) is 84.2 Å². The molecule has 3 rings (SSSR count). The molecule has 2 aromatic heterocycles. The lowest BCUT2D eigenvalue weighted by Crippen LogP contribution is -2.39. The molecule has 3 heterocycles. The smallest absolute Gasteiger partial charge is 0.275 e. The lowest BCUT2D eigenvalue weighted by Gasteiger charge is -2.36. The van der Waals surface area contributed by atoms with Gasteiger partial charge in [-0.25, -0.2) is 9.97 Å². The Bertz CT molecular complexity index is 685. The van der Waals surface area contributed by atoms with Crippen molar-refractivity contribution in [2.75, 3.05) is 16.8 Å². The third kappa shape index (κ3) is 3.49. The molecule has 0 spiro atoms. The van der Waals surface area contributed by atoms with Crippen LogP contribution in [0.5, 0.6) is 0 Å². The van der Waals surface area contributed by atoms with Crippen LogP contribution in [0.1, 0.15) is 48.9 Å². The van der Waals surface area contributed by atoms with Crippen LogP contribution in [-0.2, 0) is 0 Å². The Hall–Kier alpha value is -2.44. The van der Waals surface area contributed by atoms with Gasteiger partial charge >= 0.3 is 0 Å². The van der Waals surface area contributed by atoms with E-state index in [1.807, 2.05) is 0 Å². The number of carbonyl (C=O) groups excluding carboxylic acids is 1. The van der Waals surface area contributed by atoms with Crippen molar-refractivity contribution in [3.8, 4) is 0 Å². The Morgan fingerprint density at radius 2 is 2.26 bits per heavy atom. The molecule has 122 valence electrons. The maximum absolute atomic E-state index is 12.3. The number of hydrogen-bond donors (Lipinski definition) is 1. The Morgan fingerprint density at radius 1 is 1.39 bits per heavy atom. The van der Waals surface area contributed by atoms with Gasteiger partial charge in [-0.1, -0.05) is 12.1 Å². The maximum Gasteiger partial charge on any atom is 0.275 e. The third-order valence-electron chi connectivity index (χ3n) is 4.15. The summed E-state index contributed by atoms with van der Waals surface area (Å²) in [5.74, 6) is 1.53. The second kappa shape index (κ2) is 6.76. The highest BCUT2D eigenvalue weighted by Gasteiger charge is 2.23. The molecule has 7 nitrogen and oxygen atoms in total. The summed E-state index contributed by atoms with van der Waals surface area (Å²) in [6.45, 7) is 4.93. The van der Waals surface area contributed by atoms with E-state index in [0.29, 0.717) is 23.3 Å². The van der Waals surface area contributed by atoms with Gasteiger partial charge in [0, 0.05) is 24.7 Å². The summed E-state index contributed by atoms with van der Waals surface area (Å²) < 4.78 is 4.94. The first-order valence-corrected chi connectivity index (χ1v) is 8.00. The van der Waals surface area contributed by atoms with Crippen LogP contribution in [0.2, 0.25) is 0 Å². The second-order valence-electron chi connectivity index (χ2n) is 5.79. The summed E-state index contributed by atoms with van der Waals surface area (Å²) in [4.78, 5) is 23.0. The molecular weight excluding hydrogens is 294 g/mol. The normalized spacial score (nSPS) is 18.0. The number of nitrogens with zero attached hydrogens (tertiary/aromatic N) is 4. The highest BCUT2D eigenvalue weighted by Crippen LogP contribution is 2.25. The van der Waals surface area contributed by atoms with E-state index in [1.54, 1.807) is 19.1 Å². The standard InChI is InChI=1S/C16H21N5O2/c1-3-12-6-4-5-7-21(12)15-9-13(17-10-18-15)16(22)19-14-8-11(2)23-20-14/h8-10,12H,3-7H2,1-2H3,(H,19,20,22). The van der Waals surface area contributed by atoms with Crippen LogP contribution in [0.15, 0.2) is 23.0 Å². The maximum atomic E-state index is 12.3. The fourth-order valence-corrected chi connectivity index (χ4v) is 2.96. The first-order chi connectivity index (χ1) is 11.2. The van der Waals surface area contributed by atoms with Crippen LogP contribution in [0, 0.1) is 6.92 Å². The number of rotatable bonds is 4. The highest BCUT2D eigenvalue weighted by molar-refractivity contribution is 6.02. The zero-order chi connectivity index (χ0) is 16.2. The van der Waals surface area contributed by atoms with E-state index < -0.39 is 0 Å². The molecule has 7 heteroatoms. The SMILES string of the molecule is CCC1CCCCN1c1cc(C(=O)Nc2cc(C)on2)ncn1. The fraction of sp³-hybridized carbons (Fsp3) is 0.500. The van der Waals surface area contributed by atoms with Crippen LogP contribution < -0.4 is 10.2 Å². The van der Waals surface area contributed by atoms with Crippen LogP contribution in [0.3, 0.4) is 0 Å². The number of carbonyl (C=O) groups is 1.